The molecule has 0 saturated heterocycles. The number of carboxylic acid groups (broad SMARTS) is 1. The Bertz CT molecular complexity index is 223. The highest BCUT2D eigenvalue weighted by atomic mass is 16.4. The second kappa shape index (κ2) is 4.44. The normalized spacial score (nSPS) is 12.9. The number of carboxylic acids is 1. The van der Waals surface area contributed by atoms with Crippen LogP contribution in [0, 0.1) is 0 Å². The standard InChI is InChI=1S/C8H10O3/c1-3-7(8(10)11)4-6(2)5-9/h3-5H,1-2H3,(H,10,11)/b6-4+,7-3+. The lowest BCUT2D eigenvalue weighted by Gasteiger charge is -1.92. The van der Waals surface area contributed by atoms with Gasteiger partial charge in [-0.15, -0.1) is 0 Å². The monoisotopic (exact) mass is 154 g/mol. The number of allylic oxidation sites excluding steroid dienone is 2. The number of hydrogen-bond donors (Lipinski definition) is 1. The Labute approximate surface area is 65.0 Å². The van der Waals surface area contributed by atoms with Crippen LogP contribution in [0.4, 0.5) is 0 Å². The molecule has 0 amide bonds. The fraction of sp³-hybridized carbons (Fsp3) is 0.250. The van der Waals surface area contributed by atoms with Gasteiger partial charge in [0.1, 0.15) is 6.29 Å². The van der Waals surface area contributed by atoms with Crippen molar-refractivity contribution < 1.29 is 14.7 Å². The third-order valence-electron chi connectivity index (χ3n) is 1.13. The minimum Gasteiger partial charge on any atom is -0.478 e. The molecule has 0 fully saturated rings. The van der Waals surface area contributed by atoms with E-state index in [-0.39, 0.29) is 5.57 Å². The van der Waals surface area contributed by atoms with E-state index in [9.17, 15) is 9.59 Å². The molecule has 0 saturated carbocycles. The smallest absolute Gasteiger partial charge is 0.335 e. The molecular weight excluding hydrogens is 144 g/mol. The van der Waals surface area contributed by atoms with E-state index in [1.807, 2.05) is 0 Å². The Hall–Kier alpha value is -1.38. The SMILES string of the molecule is C/C=C(\C=C(/C)C=O)C(=O)O. The minimum absolute atomic E-state index is 0.134. The Kier molecular flexibility index (Phi) is 3.88. The quantitative estimate of drug-likeness (QED) is 0.377. The van der Waals surface area contributed by atoms with Gasteiger partial charge in [0.05, 0.1) is 5.57 Å². The average molecular weight is 154 g/mol. The molecule has 0 unspecified atom stereocenters. The topological polar surface area (TPSA) is 54.4 Å². The average Bonchev–Trinajstić information content (AvgIpc) is 1.99. The van der Waals surface area contributed by atoms with Crippen molar-refractivity contribution in [3.63, 3.8) is 0 Å². The van der Waals surface area contributed by atoms with E-state index in [4.69, 9.17) is 5.11 Å². The molecule has 0 radical (unpaired) electrons. The van der Waals surface area contributed by atoms with E-state index >= 15 is 0 Å². The molecule has 60 valence electrons. The first-order chi connectivity index (χ1) is 5.11. The first-order valence-electron chi connectivity index (χ1n) is 3.15. The van der Waals surface area contributed by atoms with Gasteiger partial charge in [-0.05, 0) is 25.5 Å². The number of carbonyl (C=O) groups is 2. The molecule has 0 aliphatic heterocycles. The molecular formula is C8H10O3. The predicted molar refractivity (Wildman–Crippen MR) is 41.2 cm³/mol. The molecule has 0 aliphatic carbocycles. The van der Waals surface area contributed by atoms with Gasteiger partial charge in [-0.3, -0.25) is 4.79 Å². The second-order valence-electron chi connectivity index (χ2n) is 2.06. The van der Waals surface area contributed by atoms with Gasteiger partial charge in [0.25, 0.3) is 0 Å². The molecule has 0 heterocycles. The van der Waals surface area contributed by atoms with E-state index in [1.165, 1.54) is 12.2 Å². The van der Waals surface area contributed by atoms with E-state index in [2.05, 4.69) is 0 Å². The van der Waals surface area contributed by atoms with Gasteiger partial charge in [-0.2, -0.15) is 0 Å². The summed E-state index contributed by atoms with van der Waals surface area (Å²) in [6.45, 7) is 3.16. The lowest BCUT2D eigenvalue weighted by atomic mass is 10.2. The van der Waals surface area contributed by atoms with Crippen LogP contribution in [0.5, 0.6) is 0 Å². The maximum absolute atomic E-state index is 10.4. The zero-order valence-corrected chi connectivity index (χ0v) is 6.50. The molecule has 0 spiro atoms. The van der Waals surface area contributed by atoms with E-state index in [0.717, 1.165) is 0 Å². The summed E-state index contributed by atoms with van der Waals surface area (Å²) in [4.78, 5) is 20.4. The maximum Gasteiger partial charge on any atom is 0.335 e. The van der Waals surface area contributed by atoms with Crippen molar-refractivity contribution in [2.75, 3.05) is 0 Å². The lowest BCUT2D eigenvalue weighted by molar-refractivity contribution is -0.132. The van der Waals surface area contributed by atoms with Crippen molar-refractivity contribution in [2.45, 2.75) is 13.8 Å². The Balaban J connectivity index is 4.57. The van der Waals surface area contributed by atoms with Crippen LogP contribution in [-0.4, -0.2) is 17.4 Å². The van der Waals surface area contributed by atoms with Crippen LogP contribution in [0.2, 0.25) is 0 Å². The molecule has 0 atom stereocenters. The van der Waals surface area contributed by atoms with Gasteiger partial charge in [-0.25, -0.2) is 4.79 Å². The van der Waals surface area contributed by atoms with Gasteiger partial charge < -0.3 is 5.11 Å². The van der Waals surface area contributed by atoms with Gasteiger partial charge >= 0.3 is 5.97 Å². The van der Waals surface area contributed by atoms with E-state index < -0.39 is 5.97 Å². The van der Waals surface area contributed by atoms with Crippen LogP contribution < -0.4 is 0 Å². The molecule has 0 aromatic heterocycles. The summed E-state index contributed by atoms with van der Waals surface area (Å²) in [6.07, 6.45) is 3.39. The van der Waals surface area contributed by atoms with Gasteiger partial charge in [0.15, 0.2) is 0 Å². The van der Waals surface area contributed by atoms with Gasteiger partial charge in [0.2, 0.25) is 0 Å². The maximum atomic E-state index is 10.4. The van der Waals surface area contributed by atoms with Crippen LogP contribution in [-0.2, 0) is 9.59 Å². The van der Waals surface area contributed by atoms with E-state index in [0.29, 0.717) is 11.9 Å². The number of aldehydes is 1. The number of rotatable bonds is 3. The summed E-state index contributed by atoms with van der Waals surface area (Å²) in [5.74, 6) is -1.02. The highest BCUT2D eigenvalue weighted by Crippen LogP contribution is 2.00. The first kappa shape index (κ1) is 9.62. The van der Waals surface area contributed by atoms with E-state index in [1.54, 1.807) is 13.8 Å². The molecule has 3 nitrogen and oxygen atoms in total. The molecule has 0 aliphatic rings. The molecule has 3 heteroatoms. The lowest BCUT2D eigenvalue weighted by Crippen LogP contribution is -1.97. The molecule has 0 aromatic rings. The number of hydrogen-bond acceptors (Lipinski definition) is 2. The summed E-state index contributed by atoms with van der Waals surface area (Å²) in [5.41, 5.74) is 0.537. The van der Waals surface area contributed by atoms with Crippen LogP contribution in [0.15, 0.2) is 23.3 Å². The van der Waals surface area contributed by atoms with Crippen LogP contribution in [0.1, 0.15) is 13.8 Å². The fourth-order valence-electron chi connectivity index (χ4n) is 0.548. The van der Waals surface area contributed by atoms with Crippen molar-refractivity contribution >= 4 is 12.3 Å². The van der Waals surface area contributed by atoms with Crippen LogP contribution in [0.3, 0.4) is 0 Å². The molecule has 0 rings (SSSR count). The zero-order valence-electron chi connectivity index (χ0n) is 6.50. The fourth-order valence-corrected chi connectivity index (χ4v) is 0.548. The largest absolute Gasteiger partial charge is 0.478 e. The summed E-state index contributed by atoms with van der Waals surface area (Å²) < 4.78 is 0. The highest BCUT2D eigenvalue weighted by molar-refractivity contribution is 5.91. The summed E-state index contributed by atoms with van der Waals surface area (Å²) in [6, 6.07) is 0. The number of aliphatic carboxylic acids is 1. The summed E-state index contributed by atoms with van der Waals surface area (Å²) in [7, 11) is 0. The first-order valence-corrected chi connectivity index (χ1v) is 3.15. The minimum atomic E-state index is -1.02. The van der Waals surface area contributed by atoms with Crippen molar-refractivity contribution in [2.24, 2.45) is 0 Å². The summed E-state index contributed by atoms with van der Waals surface area (Å²) >= 11 is 0. The highest BCUT2D eigenvalue weighted by Gasteiger charge is 2.01. The number of carbonyl (C=O) groups excluding carboxylic acids is 1. The zero-order chi connectivity index (χ0) is 8.85. The van der Waals surface area contributed by atoms with Crippen molar-refractivity contribution in [3.05, 3.63) is 23.3 Å². The molecule has 1 N–H and O–H groups in total. The van der Waals surface area contributed by atoms with Gasteiger partial charge in [0, 0.05) is 0 Å². The third-order valence-corrected chi connectivity index (χ3v) is 1.13. The predicted octanol–water partition coefficient (Wildman–Crippen LogP) is 1.16. The second-order valence-corrected chi connectivity index (χ2v) is 2.06. The van der Waals surface area contributed by atoms with Crippen molar-refractivity contribution in [3.8, 4) is 0 Å². The van der Waals surface area contributed by atoms with Gasteiger partial charge in [-0.1, -0.05) is 6.08 Å². The summed E-state index contributed by atoms with van der Waals surface area (Å²) in [5, 5.41) is 8.49. The van der Waals surface area contributed by atoms with Crippen molar-refractivity contribution in [1.29, 1.82) is 0 Å². The van der Waals surface area contributed by atoms with Crippen LogP contribution in [0.25, 0.3) is 0 Å². The Morgan fingerprint density at radius 3 is 2.27 bits per heavy atom. The Morgan fingerprint density at radius 2 is 2.00 bits per heavy atom. The van der Waals surface area contributed by atoms with Crippen molar-refractivity contribution in [1.82, 2.24) is 0 Å². The molecule has 0 aromatic carbocycles. The molecule has 0 bridgehead atoms. The Morgan fingerprint density at radius 1 is 1.45 bits per heavy atom. The third kappa shape index (κ3) is 3.35. The van der Waals surface area contributed by atoms with Crippen LogP contribution >= 0.6 is 0 Å². The molecule has 11 heavy (non-hydrogen) atoms.